The molecule has 2 unspecified atom stereocenters. The molecule has 2 aliphatic rings. The van der Waals surface area contributed by atoms with Gasteiger partial charge in [-0.3, -0.25) is 9.69 Å². The molecule has 2 aliphatic heterocycles. The molecule has 4 rings (SSSR count). The maximum absolute atomic E-state index is 13.6. The molecule has 178 valence electrons. The fourth-order valence-electron chi connectivity index (χ4n) is 5.23. The first kappa shape index (κ1) is 23.6. The number of carbonyl (C=O) groups is 1. The molecule has 1 saturated heterocycles. The second kappa shape index (κ2) is 11.0. The van der Waals surface area contributed by atoms with Crippen LogP contribution < -0.4 is 15.0 Å². The number of para-hydroxylation sites is 1. The van der Waals surface area contributed by atoms with E-state index >= 15 is 0 Å². The normalized spacial score (nSPS) is 19.5. The van der Waals surface area contributed by atoms with Gasteiger partial charge < -0.3 is 15.0 Å². The zero-order valence-electron chi connectivity index (χ0n) is 19.9. The maximum Gasteiger partial charge on any atom is 0.152 e. The van der Waals surface area contributed by atoms with Crippen molar-refractivity contribution < 1.29 is 13.9 Å². The highest BCUT2D eigenvalue weighted by atomic mass is 19.1. The average molecular weight is 454 g/mol. The van der Waals surface area contributed by atoms with E-state index in [1.54, 1.807) is 13.2 Å². The molecule has 2 atom stereocenters. The second-order valence-electron chi connectivity index (χ2n) is 9.15. The van der Waals surface area contributed by atoms with Crippen LogP contribution in [0.3, 0.4) is 0 Å². The van der Waals surface area contributed by atoms with Crippen LogP contribution in [0.25, 0.3) is 0 Å². The van der Waals surface area contributed by atoms with E-state index in [9.17, 15) is 9.18 Å². The van der Waals surface area contributed by atoms with Gasteiger partial charge >= 0.3 is 0 Å². The summed E-state index contributed by atoms with van der Waals surface area (Å²) in [5, 5.41) is 3.70. The molecule has 5 nitrogen and oxygen atoms in total. The van der Waals surface area contributed by atoms with Gasteiger partial charge in [0, 0.05) is 50.4 Å². The highest BCUT2D eigenvalue weighted by Gasteiger charge is 2.36. The number of carbonyl (C=O) groups excluding carboxylic acids is 1. The second-order valence-corrected chi connectivity index (χ2v) is 9.15. The zero-order chi connectivity index (χ0) is 23.2. The molecule has 0 radical (unpaired) electrons. The number of unbranched alkanes of at least 4 members (excludes halogenated alkanes) is 2. The number of piperazine rings is 1. The molecule has 2 aromatic rings. The Morgan fingerprint density at radius 3 is 2.70 bits per heavy atom. The molecule has 1 N–H and O–H groups in total. The van der Waals surface area contributed by atoms with E-state index in [4.69, 9.17) is 4.74 Å². The third kappa shape index (κ3) is 5.49. The van der Waals surface area contributed by atoms with Crippen molar-refractivity contribution in [2.75, 3.05) is 43.5 Å². The van der Waals surface area contributed by atoms with Gasteiger partial charge in [0.05, 0.1) is 18.8 Å². The molecule has 0 spiro atoms. The summed E-state index contributed by atoms with van der Waals surface area (Å²) < 4.78 is 19.1. The summed E-state index contributed by atoms with van der Waals surface area (Å²) in [7, 11) is 1.58. The number of hydrogen-bond donors (Lipinski definition) is 1. The quantitative estimate of drug-likeness (QED) is 0.547. The van der Waals surface area contributed by atoms with Crippen molar-refractivity contribution in [3.8, 4) is 5.75 Å². The summed E-state index contributed by atoms with van der Waals surface area (Å²) in [4.78, 5) is 18.1. The lowest BCUT2D eigenvalue weighted by molar-refractivity contribution is -0.125. The molecule has 0 aliphatic carbocycles. The van der Waals surface area contributed by atoms with Gasteiger partial charge in [-0.05, 0) is 43.0 Å². The standard InChI is InChI=1S/C27H36FN3O2/c1-3-4-5-10-25(32)27(23-13-11-20-8-6-7-9-22(20)29-23)31-17-15-30(16-18-31)24-14-12-21(28)19-26(24)33-2/h6-9,12,14,19,23,27,29H,3-5,10-11,13,15-18H2,1-2H3. The zero-order valence-corrected chi connectivity index (χ0v) is 19.9. The van der Waals surface area contributed by atoms with Crippen LogP contribution >= 0.6 is 0 Å². The maximum atomic E-state index is 13.6. The fraction of sp³-hybridized carbons (Fsp3) is 0.519. The van der Waals surface area contributed by atoms with Crippen molar-refractivity contribution in [2.45, 2.75) is 57.5 Å². The number of methoxy groups -OCH3 is 1. The van der Waals surface area contributed by atoms with E-state index in [-0.39, 0.29) is 17.9 Å². The number of aryl methyl sites for hydroxylation is 1. The summed E-state index contributed by atoms with van der Waals surface area (Å²) in [6.07, 6.45) is 5.78. The van der Waals surface area contributed by atoms with Crippen LogP contribution in [-0.4, -0.2) is 56.1 Å². The Bertz CT molecular complexity index is 943. The Morgan fingerprint density at radius 2 is 1.94 bits per heavy atom. The van der Waals surface area contributed by atoms with Crippen LogP contribution in [0.1, 0.15) is 44.6 Å². The summed E-state index contributed by atoms with van der Waals surface area (Å²) in [6, 6.07) is 13.1. The molecule has 1 fully saturated rings. The first-order valence-corrected chi connectivity index (χ1v) is 12.3. The predicted molar refractivity (Wildman–Crippen MR) is 132 cm³/mol. The summed E-state index contributed by atoms with van der Waals surface area (Å²) in [5.41, 5.74) is 3.41. The van der Waals surface area contributed by atoms with Crippen molar-refractivity contribution >= 4 is 17.2 Å². The Kier molecular flexibility index (Phi) is 7.86. The third-order valence-corrected chi connectivity index (χ3v) is 7.01. The monoisotopic (exact) mass is 453 g/mol. The molecule has 6 heteroatoms. The number of fused-ring (bicyclic) bond motifs is 1. The van der Waals surface area contributed by atoms with Gasteiger partial charge in [0.1, 0.15) is 11.6 Å². The van der Waals surface area contributed by atoms with Crippen molar-refractivity contribution in [1.82, 2.24) is 4.90 Å². The van der Waals surface area contributed by atoms with Gasteiger partial charge in [-0.25, -0.2) is 4.39 Å². The van der Waals surface area contributed by atoms with E-state index in [1.807, 2.05) is 0 Å². The van der Waals surface area contributed by atoms with E-state index in [0.29, 0.717) is 18.0 Å². The van der Waals surface area contributed by atoms with E-state index in [1.165, 1.54) is 17.7 Å². The van der Waals surface area contributed by atoms with Crippen molar-refractivity contribution in [2.24, 2.45) is 0 Å². The van der Waals surface area contributed by atoms with E-state index in [2.05, 4.69) is 46.3 Å². The summed E-state index contributed by atoms with van der Waals surface area (Å²) >= 11 is 0. The van der Waals surface area contributed by atoms with E-state index in [0.717, 1.165) is 69.7 Å². The van der Waals surface area contributed by atoms with Gasteiger partial charge in [-0.1, -0.05) is 38.0 Å². The lowest BCUT2D eigenvalue weighted by Crippen LogP contribution is -2.58. The predicted octanol–water partition coefficient (Wildman–Crippen LogP) is 4.90. The minimum Gasteiger partial charge on any atom is -0.494 e. The lowest BCUT2D eigenvalue weighted by atomic mass is 9.89. The first-order valence-electron chi connectivity index (χ1n) is 12.3. The molecular formula is C27H36FN3O2. The van der Waals surface area contributed by atoms with Crippen LogP contribution in [0, 0.1) is 5.82 Å². The van der Waals surface area contributed by atoms with Crippen LogP contribution in [0.2, 0.25) is 0 Å². The van der Waals surface area contributed by atoms with Gasteiger partial charge in [0.15, 0.2) is 5.78 Å². The molecule has 0 saturated carbocycles. The minimum atomic E-state index is -0.296. The van der Waals surface area contributed by atoms with Gasteiger partial charge in [-0.2, -0.15) is 0 Å². The Morgan fingerprint density at radius 1 is 1.15 bits per heavy atom. The van der Waals surface area contributed by atoms with Crippen LogP contribution in [0.5, 0.6) is 5.75 Å². The topological polar surface area (TPSA) is 44.8 Å². The fourth-order valence-corrected chi connectivity index (χ4v) is 5.23. The smallest absolute Gasteiger partial charge is 0.152 e. The van der Waals surface area contributed by atoms with Gasteiger partial charge in [0.2, 0.25) is 0 Å². The van der Waals surface area contributed by atoms with Gasteiger partial charge in [0.25, 0.3) is 0 Å². The number of rotatable bonds is 9. The largest absolute Gasteiger partial charge is 0.494 e. The number of ketones is 1. The summed E-state index contributed by atoms with van der Waals surface area (Å²) in [6.45, 7) is 5.33. The molecule has 2 aromatic carbocycles. The number of anilines is 2. The molecule has 0 bridgehead atoms. The molecule has 0 amide bonds. The lowest BCUT2D eigenvalue weighted by Gasteiger charge is -2.44. The molecular weight excluding hydrogens is 417 g/mol. The van der Waals surface area contributed by atoms with Crippen LogP contribution in [-0.2, 0) is 11.2 Å². The highest BCUT2D eigenvalue weighted by Crippen LogP contribution is 2.32. The average Bonchev–Trinajstić information content (AvgIpc) is 2.85. The van der Waals surface area contributed by atoms with Crippen LogP contribution in [0.15, 0.2) is 42.5 Å². The summed E-state index contributed by atoms with van der Waals surface area (Å²) in [5.74, 6) is 0.616. The van der Waals surface area contributed by atoms with Crippen molar-refractivity contribution in [1.29, 1.82) is 0 Å². The van der Waals surface area contributed by atoms with Crippen molar-refractivity contribution in [3.63, 3.8) is 0 Å². The number of Topliss-reactive ketones (excluding diaryl/α,β-unsaturated/α-hetero) is 1. The molecule has 33 heavy (non-hydrogen) atoms. The molecule has 0 aromatic heterocycles. The molecule has 2 heterocycles. The minimum absolute atomic E-state index is 0.118. The number of nitrogens with zero attached hydrogens (tertiary/aromatic N) is 2. The number of benzene rings is 2. The van der Waals surface area contributed by atoms with Crippen molar-refractivity contribution in [3.05, 3.63) is 53.8 Å². The van der Waals surface area contributed by atoms with E-state index < -0.39 is 0 Å². The Hall–Kier alpha value is -2.60. The van der Waals surface area contributed by atoms with Crippen LogP contribution in [0.4, 0.5) is 15.8 Å². The number of ether oxygens (including phenoxy) is 1. The third-order valence-electron chi connectivity index (χ3n) is 7.01. The number of nitrogens with one attached hydrogen (secondary N) is 1. The number of hydrogen-bond acceptors (Lipinski definition) is 5. The Labute approximate surface area is 196 Å². The number of halogens is 1. The Balaban J connectivity index is 1.48. The SMILES string of the molecule is CCCCCC(=O)C(C1CCc2ccccc2N1)N1CCN(c2ccc(F)cc2OC)CC1. The highest BCUT2D eigenvalue weighted by molar-refractivity contribution is 5.85. The first-order chi connectivity index (χ1) is 16.1. The van der Waals surface area contributed by atoms with Gasteiger partial charge in [-0.15, -0.1) is 0 Å².